The maximum Gasteiger partial charge on any atom is 0.0107 e. The van der Waals surface area contributed by atoms with Crippen LogP contribution in [0.3, 0.4) is 0 Å². The summed E-state index contributed by atoms with van der Waals surface area (Å²) >= 11 is 0. The summed E-state index contributed by atoms with van der Waals surface area (Å²) in [6.07, 6.45) is 6.82. The van der Waals surface area contributed by atoms with Crippen molar-refractivity contribution in [3.05, 3.63) is 0 Å². The average molecular weight is 226 g/mol. The topological polar surface area (TPSA) is 15.3 Å². The number of hydrogen-bond donors (Lipinski definition) is 1. The first-order valence-corrected chi connectivity index (χ1v) is 7.18. The largest absolute Gasteiger partial charge is 0.313 e. The summed E-state index contributed by atoms with van der Waals surface area (Å²) in [5.74, 6) is 0.909. The monoisotopic (exact) mass is 226 g/mol. The average Bonchev–Trinajstić information content (AvgIpc) is 2.26. The fourth-order valence-electron chi connectivity index (χ4n) is 2.57. The van der Waals surface area contributed by atoms with E-state index in [0.717, 1.165) is 12.5 Å². The van der Waals surface area contributed by atoms with Gasteiger partial charge in [0.1, 0.15) is 0 Å². The third-order valence-corrected chi connectivity index (χ3v) is 3.65. The molecule has 0 aliphatic carbocycles. The van der Waals surface area contributed by atoms with E-state index in [0.29, 0.717) is 6.04 Å². The number of hydrogen-bond acceptors (Lipinski definition) is 2. The molecule has 1 heterocycles. The molecule has 1 rings (SSSR count). The second-order valence-electron chi connectivity index (χ2n) is 5.55. The number of nitrogens with one attached hydrogen (secondary N) is 1. The molecule has 0 radical (unpaired) electrons. The molecule has 0 aromatic carbocycles. The summed E-state index contributed by atoms with van der Waals surface area (Å²) in [6.45, 7) is 12.0. The van der Waals surface area contributed by atoms with Gasteiger partial charge in [-0.2, -0.15) is 0 Å². The Kier molecular flexibility index (Phi) is 7.06. The van der Waals surface area contributed by atoms with E-state index in [2.05, 4.69) is 31.0 Å². The van der Waals surface area contributed by atoms with Crippen LogP contribution in [-0.4, -0.2) is 37.1 Å². The molecule has 1 aliphatic rings. The van der Waals surface area contributed by atoms with Gasteiger partial charge in [-0.25, -0.2) is 0 Å². The van der Waals surface area contributed by atoms with Crippen molar-refractivity contribution in [2.45, 2.75) is 58.9 Å². The predicted octanol–water partition coefficient (Wildman–Crippen LogP) is 2.89. The van der Waals surface area contributed by atoms with Gasteiger partial charge < -0.3 is 10.2 Å². The predicted molar refractivity (Wildman–Crippen MR) is 71.8 cm³/mol. The SMILES string of the molecule is CCCCC(C)NCCN1CCCC(C)C1. The maximum atomic E-state index is 3.64. The van der Waals surface area contributed by atoms with Gasteiger partial charge in [-0.05, 0) is 38.6 Å². The van der Waals surface area contributed by atoms with Crippen molar-refractivity contribution in [2.24, 2.45) is 5.92 Å². The Bertz CT molecular complexity index is 170. The molecule has 1 fully saturated rings. The zero-order chi connectivity index (χ0) is 11.8. The lowest BCUT2D eigenvalue weighted by molar-refractivity contribution is 0.183. The van der Waals surface area contributed by atoms with Crippen LogP contribution in [0, 0.1) is 5.92 Å². The van der Waals surface area contributed by atoms with Crippen molar-refractivity contribution < 1.29 is 0 Å². The summed E-state index contributed by atoms with van der Waals surface area (Å²) in [5, 5.41) is 3.64. The van der Waals surface area contributed by atoms with Gasteiger partial charge in [-0.15, -0.1) is 0 Å². The first-order valence-electron chi connectivity index (χ1n) is 7.18. The van der Waals surface area contributed by atoms with Crippen molar-refractivity contribution in [2.75, 3.05) is 26.2 Å². The number of piperidine rings is 1. The fourth-order valence-corrected chi connectivity index (χ4v) is 2.57. The summed E-state index contributed by atoms with van der Waals surface area (Å²) in [5.41, 5.74) is 0. The number of rotatable bonds is 7. The second-order valence-corrected chi connectivity index (χ2v) is 5.55. The molecule has 2 heteroatoms. The summed E-state index contributed by atoms with van der Waals surface area (Å²) in [4.78, 5) is 2.62. The highest BCUT2D eigenvalue weighted by atomic mass is 15.1. The van der Waals surface area contributed by atoms with Crippen molar-refractivity contribution in [3.63, 3.8) is 0 Å². The second kappa shape index (κ2) is 8.08. The van der Waals surface area contributed by atoms with Gasteiger partial charge >= 0.3 is 0 Å². The molecular formula is C14H30N2. The van der Waals surface area contributed by atoms with Crippen molar-refractivity contribution in [1.29, 1.82) is 0 Å². The molecule has 2 nitrogen and oxygen atoms in total. The van der Waals surface area contributed by atoms with Crippen molar-refractivity contribution in [1.82, 2.24) is 10.2 Å². The van der Waals surface area contributed by atoms with E-state index >= 15 is 0 Å². The molecule has 1 saturated heterocycles. The summed E-state index contributed by atoms with van der Waals surface area (Å²) < 4.78 is 0. The van der Waals surface area contributed by atoms with Gasteiger partial charge in [0.05, 0.1) is 0 Å². The van der Waals surface area contributed by atoms with Crippen LogP contribution in [0.1, 0.15) is 52.9 Å². The lowest BCUT2D eigenvalue weighted by Gasteiger charge is -2.31. The molecule has 2 unspecified atom stereocenters. The molecule has 16 heavy (non-hydrogen) atoms. The van der Waals surface area contributed by atoms with E-state index in [1.807, 2.05) is 0 Å². The molecule has 0 aromatic heterocycles. The van der Waals surface area contributed by atoms with Gasteiger partial charge in [0.2, 0.25) is 0 Å². The van der Waals surface area contributed by atoms with Crippen LogP contribution < -0.4 is 5.32 Å². The zero-order valence-electron chi connectivity index (χ0n) is 11.5. The van der Waals surface area contributed by atoms with Gasteiger partial charge in [0, 0.05) is 25.7 Å². The normalized spacial score (nSPS) is 24.6. The lowest BCUT2D eigenvalue weighted by Crippen LogP contribution is -2.40. The first-order chi connectivity index (χ1) is 7.72. The highest BCUT2D eigenvalue weighted by Gasteiger charge is 2.15. The number of nitrogens with zero attached hydrogens (tertiary/aromatic N) is 1. The maximum absolute atomic E-state index is 3.64. The van der Waals surface area contributed by atoms with E-state index < -0.39 is 0 Å². The van der Waals surface area contributed by atoms with Crippen LogP contribution in [0.2, 0.25) is 0 Å². The third-order valence-electron chi connectivity index (χ3n) is 3.65. The third kappa shape index (κ3) is 5.86. The molecule has 0 saturated carbocycles. The van der Waals surface area contributed by atoms with Crippen LogP contribution in [0.25, 0.3) is 0 Å². The van der Waals surface area contributed by atoms with Gasteiger partial charge in [0.25, 0.3) is 0 Å². The van der Waals surface area contributed by atoms with Crippen LogP contribution in [0.15, 0.2) is 0 Å². The molecular weight excluding hydrogens is 196 g/mol. The lowest BCUT2D eigenvalue weighted by atomic mass is 10.0. The standard InChI is InChI=1S/C14H30N2/c1-4-5-8-14(3)15-9-11-16-10-6-7-13(2)12-16/h13-15H,4-12H2,1-3H3. The highest BCUT2D eigenvalue weighted by molar-refractivity contribution is 4.71. The molecule has 1 aliphatic heterocycles. The quantitative estimate of drug-likeness (QED) is 0.718. The molecule has 0 aromatic rings. The van der Waals surface area contributed by atoms with Crippen LogP contribution in [0.4, 0.5) is 0 Å². The molecule has 0 amide bonds. The van der Waals surface area contributed by atoms with Crippen molar-refractivity contribution in [3.8, 4) is 0 Å². The molecule has 96 valence electrons. The minimum atomic E-state index is 0.696. The molecule has 0 spiro atoms. The molecule has 0 bridgehead atoms. The Labute approximate surface area is 102 Å². The van der Waals surface area contributed by atoms with E-state index in [4.69, 9.17) is 0 Å². The van der Waals surface area contributed by atoms with E-state index in [1.54, 1.807) is 0 Å². The Morgan fingerprint density at radius 2 is 2.25 bits per heavy atom. The summed E-state index contributed by atoms with van der Waals surface area (Å²) in [7, 11) is 0. The highest BCUT2D eigenvalue weighted by Crippen LogP contribution is 2.14. The number of likely N-dealkylation sites (tertiary alicyclic amines) is 1. The van der Waals surface area contributed by atoms with Crippen LogP contribution in [0.5, 0.6) is 0 Å². The van der Waals surface area contributed by atoms with E-state index in [-0.39, 0.29) is 0 Å². The Morgan fingerprint density at radius 1 is 1.44 bits per heavy atom. The number of unbranched alkanes of at least 4 members (excludes halogenated alkanes) is 1. The van der Waals surface area contributed by atoms with Gasteiger partial charge in [0.15, 0.2) is 0 Å². The van der Waals surface area contributed by atoms with Gasteiger partial charge in [-0.3, -0.25) is 0 Å². The van der Waals surface area contributed by atoms with E-state index in [9.17, 15) is 0 Å². The Hall–Kier alpha value is -0.0800. The fraction of sp³-hybridized carbons (Fsp3) is 1.00. The zero-order valence-corrected chi connectivity index (χ0v) is 11.5. The van der Waals surface area contributed by atoms with Crippen LogP contribution in [-0.2, 0) is 0 Å². The van der Waals surface area contributed by atoms with Crippen molar-refractivity contribution >= 4 is 0 Å². The minimum Gasteiger partial charge on any atom is -0.313 e. The van der Waals surface area contributed by atoms with Gasteiger partial charge in [-0.1, -0.05) is 26.7 Å². The first kappa shape index (κ1) is 14.0. The molecule has 1 N–H and O–H groups in total. The van der Waals surface area contributed by atoms with E-state index in [1.165, 1.54) is 51.7 Å². The Balaban J connectivity index is 2.01. The Morgan fingerprint density at radius 3 is 2.94 bits per heavy atom. The smallest absolute Gasteiger partial charge is 0.0107 e. The molecule has 2 atom stereocenters. The summed E-state index contributed by atoms with van der Waals surface area (Å²) in [6, 6.07) is 0.696. The van der Waals surface area contributed by atoms with Crippen LogP contribution >= 0.6 is 0 Å². The minimum absolute atomic E-state index is 0.696.